The summed E-state index contributed by atoms with van der Waals surface area (Å²) in [7, 11) is 2.14. The van der Waals surface area contributed by atoms with Gasteiger partial charge in [0.1, 0.15) is 25.0 Å². The van der Waals surface area contributed by atoms with Crippen LogP contribution in [0.15, 0.2) is 55.9 Å². The standard InChI is InChI=1S/C17H21N7S/c1-4-9-22-12-20-24(17(22)25)13-21(3)14(2)15-5-7-16(8-6-15)23-11-18-10-19-23/h4-8,10-12,14H,1,9,13H2,2-3H3/p+1/t14-/m1/s1. The molecule has 3 aromatic rings. The quantitative estimate of drug-likeness (QED) is 0.514. The van der Waals surface area contributed by atoms with Gasteiger partial charge in [0.05, 0.1) is 12.7 Å². The summed E-state index contributed by atoms with van der Waals surface area (Å²) >= 11 is 5.46. The van der Waals surface area contributed by atoms with Crippen molar-refractivity contribution in [1.82, 2.24) is 29.1 Å². The second kappa shape index (κ2) is 7.54. The van der Waals surface area contributed by atoms with Crippen LogP contribution in [-0.4, -0.2) is 36.2 Å². The highest BCUT2D eigenvalue weighted by Gasteiger charge is 2.17. The number of quaternary nitrogens is 1. The molecular formula is C17H22N7S+. The van der Waals surface area contributed by atoms with Crippen molar-refractivity contribution < 1.29 is 4.90 Å². The van der Waals surface area contributed by atoms with Crippen molar-refractivity contribution in [3.05, 3.63) is 66.2 Å². The van der Waals surface area contributed by atoms with Crippen LogP contribution in [0.5, 0.6) is 0 Å². The number of benzene rings is 1. The lowest BCUT2D eigenvalue weighted by Crippen LogP contribution is -3.08. The SMILES string of the molecule is C=CCn1cnn(C[NH+](C)[C@H](C)c2ccc(-n3cncn3)cc2)c1=S. The molecule has 8 heteroatoms. The third kappa shape index (κ3) is 3.75. The molecular weight excluding hydrogens is 334 g/mol. The molecule has 2 atom stereocenters. The molecule has 130 valence electrons. The number of hydrogen-bond acceptors (Lipinski definition) is 4. The number of rotatable bonds is 7. The van der Waals surface area contributed by atoms with Crippen molar-refractivity contribution in [2.24, 2.45) is 0 Å². The van der Waals surface area contributed by atoms with Gasteiger partial charge in [-0.15, -0.1) is 6.58 Å². The average molecular weight is 356 g/mol. The molecule has 0 saturated heterocycles. The molecule has 0 aliphatic rings. The zero-order chi connectivity index (χ0) is 17.8. The molecule has 2 heterocycles. The summed E-state index contributed by atoms with van der Waals surface area (Å²) in [6.07, 6.45) is 6.80. The number of nitrogens with zero attached hydrogens (tertiary/aromatic N) is 6. The molecule has 0 aliphatic heterocycles. The Bertz CT molecular complexity index is 877. The van der Waals surface area contributed by atoms with Gasteiger partial charge in [-0.05, 0) is 31.3 Å². The van der Waals surface area contributed by atoms with Gasteiger partial charge in [-0.25, -0.2) is 9.67 Å². The van der Waals surface area contributed by atoms with Crippen LogP contribution >= 0.6 is 12.2 Å². The first-order valence-electron chi connectivity index (χ1n) is 8.10. The largest absolute Gasteiger partial charge is 0.313 e. The fourth-order valence-electron chi connectivity index (χ4n) is 2.66. The van der Waals surface area contributed by atoms with E-state index in [1.807, 2.05) is 15.3 Å². The first-order chi connectivity index (χ1) is 12.1. The summed E-state index contributed by atoms with van der Waals surface area (Å²) < 4.78 is 6.23. The molecule has 1 aromatic carbocycles. The van der Waals surface area contributed by atoms with E-state index in [2.05, 4.69) is 60.0 Å². The normalized spacial score (nSPS) is 13.5. The van der Waals surface area contributed by atoms with Gasteiger partial charge in [-0.3, -0.25) is 0 Å². The maximum absolute atomic E-state index is 5.46. The molecule has 3 rings (SSSR count). The molecule has 25 heavy (non-hydrogen) atoms. The lowest BCUT2D eigenvalue weighted by molar-refractivity contribution is -0.933. The van der Waals surface area contributed by atoms with Gasteiger partial charge in [0.25, 0.3) is 0 Å². The minimum Gasteiger partial charge on any atom is -0.313 e. The fraction of sp³-hybridized carbons (Fsp3) is 0.294. The van der Waals surface area contributed by atoms with E-state index in [9.17, 15) is 0 Å². The Morgan fingerprint density at radius 1 is 1.24 bits per heavy atom. The van der Waals surface area contributed by atoms with Crippen LogP contribution in [0, 0.1) is 4.77 Å². The molecule has 1 unspecified atom stereocenters. The first-order valence-corrected chi connectivity index (χ1v) is 8.51. The third-order valence-corrected chi connectivity index (χ3v) is 4.78. The van der Waals surface area contributed by atoms with E-state index in [0.717, 1.165) is 5.69 Å². The van der Waals surface area contributed by atoms with Crippen LogP contribution in [0.4, 0.5) is 0 Å². The molecule has 0 fully saturated rings. The minimum atomic E-state index is 0.302. The summed E-state index contributed by atoms with van der Waals surface area (Å²) in [5.41, 5.74) is 2.25. The van der Waals surface area contributed by atoms with Crippen LogP contribution in [0.1, 0.15) is 18.5 Å². The van der Waals surface area contributed by atoms with E-state index in [1.54, 1.807) is 17.3 Å². The van der Waals surface area contributed by atoms with Crippen LogP contribution in [-0.2, 0) is 13.2 Å². The summed E-state index contributed by atoms with van der Waals surface area (Å²) in [5, 5.41) is 8.53. The lowest BCUT2D eigenvalue weighted by Gasteiger charge is -2.22. The van der Waals surface area contributed by atoms with E-state index in [1.165, 1.54) is 16.8 Å². The molecule has 0 amide bonds. The van der Waals surface area contributed by atoms with Crippen molar-refractivity contribution in [3.8, 4) is 5.69 Å². The second-order valence-corrected chi connectivity index (χ2v) is 6.38. The van der Waals surface area contributed by atoms with Crippen LogP contribution in [0.2, 0.25) is 0 Å². The predicted molar refractivity (Wildman–Crippen MR) is 97.9 cm³/mol. The Kier molecular flexibility index (Phi) is 5.20. The van der Waals surface area contributed by atoms with E-state index < -0.39 is 0 Å². The molecule has 0 saturated carbocycles. The smallest absolute Gasteiger partial charge is 0.202 e. The van der Waals surface area contributed by atoms with Crippen LogP contribution in [0.3, 0.4) is 0 Å². The van der Waals surface area contributed by atoms with Crippen molar-refractivity contribution in [2.45, 2.75) is 26.2 Å². The topological polar surface area (TPSA) is 57.9 Å². The number of hydrogen-bond donors (Lipinski definition) is 1. The second-order valence-electron chi connectivity index (χ2n) is 6.01. The maximum atomic E-state index is 5.46. The number of aromatic nitrogens is 6. The van der Waals surface area contributed by atoms with Gasteiger partial charge in [0.2, 0.25) is 4.77 Å². The molecule has 0 bridgehead atoms. The molecule has 0 spiro atoms. The Hall–Kier alpha value is -2.58. The van der Waals surface area contributed by atoms with Gasteiger partial charge in [-0.2, -0.15) is 14.9 Å². The summed E-state index contributed by atoms with van der Waals surface area (Å²) in [6, 6.07) is 8.66. The molecule has 0 radical (unpaired) electrons. The Balaban J connectivity index is 1.71. The molecule has 2 aromatic heterocycles. The minimum absolute atomic E-state index is 0.302. The molecule has 7 nitrogen and oxygen atoms in total. The zero-order valence-corrected chi connectivity index (χ0v) is 15.2. The van der Waals surface area contributed by atoms with E-state index >= 15 is 0 Å². The van der Waals surface area contributed by atoms with Crippen molar-refractivity contribution in [3.63, 3.8) is 0 Å². The first kappa shape index (κ1) is 17.2. The monoisotopic (exact) mass is 356 g/mol. The summed E-state index contributed by atoms with van der Waals surface area (Å²) in [6.45, 7) is 7.32. The Morgan fingerprint density at radius 3 is 2.64 bits per heavy atom. The van der Waals surface area contributed by atoms with Crippen LogP contribution < -0.4 is 4.90 Å². The van der Waals surface area contributed by atoms with Gasteiger partial charge >= 0.3 is 0 Å². The Labute approximate surface area is 151 Å². The van der Waals surface area contributed by atoms with E-state index in [0.29, 0.717) is 24.0 Å². The predicted octanol–water partition coefficient (Wildman–Crippen LogP) is 1.41. The summed E-state index contributed by atoms with van der Waals surface area (Å²) in [4.78, 5) is 5.27. The van der Waals surface area contributed by atoms with Gasteiger partial charge < -0.3 is 9.47 Å². The van der Waals surface area contributed by atoms with Crippen molar-refractivity contribution in [1.29, 1.82) is 0 Å². The van der Waals surface area contributed by atoms with Gasteiger partial charge in [0, 0.05) is 12.1 Å². The maximum Gasteiger partial charge on any atom is 0.202 e. The van der Waals surface area contributed by atoms with E-state index in [-0.39, 0.29) is 0 Å². The highest BCUT2D eigenvalue weighted by atomic mass is 32.1. The molecule has 1 N–H and O–H groups in total. The highest BCUT2D eigenvalue weighted by molar-refractivity contribution is 7.71. The van der Waals surface area contributed by atoms with Gasteiger partial charge in [-0.1, -0.05) is 18.2 Å². The van der Waals surface area contributed by atoms with E-state index in [4.69, 9.17) is 12.2 Å². The lowest BCUT2D eigenvalue weighted by atomic mass is 10.1. The zero-order valence-electron chi connectivity index (χ0n) is 14.4. The third-order valence-electron chi connectivity index (χ3n) is 4.34. The van der Waals surface area contributed by atoms with Gasteiger partial charge in [0.15, 0.2) is 6.67 Å². The number of allylic oxidation sites excluding steroid dienone is 1. The fourth-order valence-corrected chi connectivity index (χ4v) is 2.89. The Morgan fingerprint density at radius 2 is 2.00 bits per heavy atom. The van der Waals surface area contributed by atoms with Crippen molar-refractivity contribution >= 4 is 12.2 Å². The average Bonchev–Trinajstić information content (AvgIpc) is 3.27. The van der Waals surface area contributed by atoms with Crippen molar-refractivity contribution in [2.75, 3.05) is 7.05 Å². The number of nitrogens with one attached hydrogen (secondary N) is 1. The highest BCUT2D eigenvalue weighted by Crippen LogP contribution is 2.13. The van der Waals surface area contributed by atoms with Crippen LogP contribution in [0.25, 0.3) is 5.69 Å². The summed E-state index contributed by atoms with van der Waals surface area (Å²) in [5.74, 6) is 0. The molecule has 0 aliphatic carbocycles.